The predicted octanol–water partition coefficient (Wildman–Crippen LogP) is 5.98. The van der Waals surface area contributed by atoms with Crippen molar-refractivity contribution in [3.05, 3.63) is 88.3 Å². The van der Waals surface area contributed by atoms with Crippen molar-refractivity contribution in [1.82, 2.24) is 10.3 Å². The van der Waals surface area contributed by atoms with Crippen molar-refractivity contribution in [3.63, 3.8) is 0 Å². The number of hydrogen-bond acceptors (Lipinski definition) is 3. The zero-order valence-electron chi connectivity index (χ0n) is 16.2. The summed E-state index contributed by atoms with van der Waals surface area (Å²) in [6, 6.07) is 13.8. The number of nitrogens with zero attached hydrogens (tertiary/aromatic N) is 1. The second kappa shape index (κ2) is 8.75. The van der Waals surface area contributed by atoms with Gasteiger partial charge in [-0.3, -0.25) is 0 Å². The number of carbonyl (C=O) groups is 1. The Bertz CT molecular complexity index is 1060. The van der Waals surface area contributed by atoms with Crippen molar-refractivity contribution in [2.45, 2.75) is 26.0 Å². The number of carbonyl (C=O) groups excluding carboxylic acids is 1. The summed E-state index contributed by atoms with van der Waals surface area (Å²) in [6.07, 6.45) is -0.862. The fourth-order valence-corrected chi connectivity index (χ4v) is 3.12. The van der Waals surface area contributed by atoms with Crippen LogP contribution < -0.4 is 5.32 Å². The molecule has 0 radical (unpaired) electrons. The number of ether oxygens (including phenoxy) is 1. The number of hydrogen-bond donors (Lipinski definition) is 1. The van der Waals surface area contributed by atoms with Crippen LogP contribution in [0.3, 0.4) is 0 Å². The molecule has 1 amide bonds. The third-order valence-corrected chi connectivity index (χ3v) is 4.66. The van der Waals surface area contributed by atoms with Crippen molar-refractivity contribution in [3.8, 4) is 11.3 Å². The minimum atomic E-state index is -1.52. The number of rotatable bonds is 5. The van der Waals surface area contributed by atoms with Crippen LogP contribution in [0.2, 0.25) is 5.15 Å². The van der Waals surface area contributed by atoms with Gasteiger partial charge in [0.2, 0.25) is 0 Å². The minimum Gasteiger partial charge on any atom is -0.445 e. The molecule has 0 unspecified atom stereocenters. The van der Waals surface area contributed by atoms with E-state index in [4.69, 9.17) is 16.3 Å². The van der Waals surface area contributed by atoms with E-state index in [9.17, 15) is 13.6 Å². The average Bonchev–Trinajstić information content (AvgIpc) is 2.70. The zero-order valence-corrected chi connectivity index (χ0v) is 16.9. The molecule has 0 aliphatic rings. The summed E-state index contributed by atoms with van der Waals surface area (Å²) in [5.74, 6) is -2.64. The van der Waals surface area contributed by atoms with Crippen LogP contribution in [0.1, 0.15) is 25.0 Å². The molecule has 0 spiro atoms. The normalized spacial score (nSPS) is 11.3. The van der Waals surface area contributed by atoms with Gasteiger partial charge in [0, 0.05) is 5.56 Å². The van der Waals surface area contributed by atoms with Crippen molar-refractivity contribution in [2.24, 2.45) is 0 Å². The molecule has 0 atom stereocenters. The van der Waals surface area contributed by atoms with Gasteiger partial charge in [0.1, 0.15) is 18.1 Å². The molecular formula is C22H18ClF3N2O2. The molecule has 1 heterocycles. The monoisotopic (exact) mass is 434 g/mol. The number of nitrogens with one attached hydrogen (secondary N) is 1. The quantitative estimate of drug-likeness (QED) is 0.502. The molecule has 0 bridgehead atoms. The van der Waals surface area contributed by atoms with Gasteiger partial charge < -0.3 is 10.1 Å². The van der Waals surface area contributed by atoms with Gasteiger partial charge in [-0.25, -0.2) is 22.9 Å². The lowest BCUT2D eigenvalue weighted by atomic mass is 9.92. The molecule has 1 aromatic heterocycles. The molecule has 0 aliphatic carbocycles. The third-order valence-electron chi connectivity index (χ3n) is 4.41. The average molecular weight is 435 g/mol. The highest BCUT2D eigenvalue weighted by atomic mass is 35.5. The first-order valence-corrected chi connectivity index (χ1v) is 9.36. The van der Waals surface area contributed by atoms with Crippen LogP contribution in [-0.4, -0.2) is 11.1 Å². The van der Waals surface area contributed by atoms with Crippen LogP contribution in [0.25, 0.3) is 11.3 Å². The van der Waals surface area contributed by atoms with Gasteiger partial charge in [-0.05, 0) is 43.7 Å². The first-order chi connectivity index (χ1) is 14.2. The summed E-state index contributed by atoms with van der Waals surface area (Å²) in [4.78, 5) is 16.0. The number of amides is 1. The van der Waals surface area contributed by atoms with E-state index in [1.165, 1.54) is 26.0 Å². The Morgan fingerprint density at radius 3 is 2.30 bits per heavy atom. The van der Waals surface area contributed by atoms with E-state index in [0.29, 0.717) is 0 Å². The fourth-order valence-electron chi connectivity index (χ4n) is 2.94. The standard InChI is InChI=1S/C22H18ClF3N2O2/c1-22(2,28-21(29)30-12-13-6-4-3-5-7-13)16-17(25)19(27-20(23)18(16)26)14-8-10-15(24)11-9-14/h3-11H,12H2,1-2H3,(H,28,29). The van der Waals surface area contributed by atoms with Crippen LogP contribution in [0.4, 0.5) is 18.0 Å². The Hall–Kier alpha value is -3.06. The minimum absolute atomic E-state index is 0.00829. The fraction of sp³-hybridized carbons (Fsp3) is 0.182. The predicted molar refractivity (Wildman–Crippen MR) is 107 cm³/mol. The SMILES string of the molecule is CC(C)(NC(=O)OCc1ccccc1)c1c(F)c(Cl)nc(-c2ccc(F)cc2)c1F. The second-order valence-corrected chi connectivity index (χ2v) is 7.43. The molecule has 3 aromatic rings. The number of halogens is 4. The lowest BCUT2D eigenvalue weighted by Gasteiger charge is -2.28. The number of alkyl carbamates (subject to hydrolysis) is 1. The van der Waals surface area contributed by atoms with Crippen LogP contribution in [0, 0.1) is 17.5 Å². The largest absolute Gasteiger partial charge is 0.445 e. The highest BCUT2D eigenvalue weighted by molar-refractivity contribution is 6.29. The van der Waals surface area contributed by atoms with E-state index in [1.807, 2.05) is 6.07 Å². The van der Waals surface area contributed by atoms with Gasteiger partial charge in [0.15, 0.2) is 16.8 Å². The summed E-state index contributed by atoms with van der Waals surface area (Å²) in [6.45, 7) is 2.80. The van der Waals surface area contributed by atoms with E-state index in [2.05, 4.69) is 10.3 Å². The molecular weight excluding hydrogens is 417 g/mol. The van der Waals surface area contributed by atoms with Gasteiger partial charge in [-0.2, -0.15) is 0 Å². The maximum atomic E-state index is 15.2. The molecule has 0 aliphatic heterocycles. The lowest BCUT2D eigenvalue weighted by Crippen LogP contribution is -2.42. The first kappa shape index (κ1) is 21.6. The van der Waals surface area contributed by atoms with Crippen LogP contribution >= 0.6 is 11.6 Å². The Balaban J connectivity index is 1.88. The van der Waals surface area contributed by atoms with E-state index in [1.54, 1.807) is 24.3 Å². The molecule has 2 aromatic carbocycles. The van der Waals surface area contributed by atoms with Gasteiger partial charge in [0.05, 0.1) is 11.1 Å². The lowest BCUT2D eigenvalue weighted by molar-refractivity contribution is 0.128. The molecule has 0 saturated carbocycles. The van der Waals surface area contributed by atoms with E-state index in [0.717, 1.165) is 17.7 Å². The summed E-state index contributed by atoms with van der Waals surface area (Å²) in [7, 11) is 0. The molecule has 3 rings (SSSR count). The molecule has 0 fully saturated rings. The van der Waals surface area contributed by atoms with Gasteiger partial charge >= 0.3 is 6.09 Å². The highest BCUT2D eigenvalue weighted by Gasteiger charge is 2.34. The highest BCUT2D eigenvalue weighted by Crippen LogP contribution is 2.34. The van der Waals surface area contributed by atoms with Gasteiger partial charge in [-0.15, -0.1) is 0 Å². The van der Waals surface area contributed by atoms with Crippen LogP contribution in [-0.2, 0) is 16.9 Å². The molecule has 0 saturated heterocycles. The molecule has 1 N–H and O–H groups in total. The van der Waals surface area contributed by atoms with Crippen LogP contribution in [0.15, 0.2) is 54.6 Å². The van der Waals surface area contributed by atoms with Crippen molar-refractivity contribution in [2.75, 3.05) is 0 Å². The second-order valence-electron chi connectivity index (χ2n) is 7.07. The number of pyridine rings is 1. The van der Waals surface area contributed by atoms with E-state index >= 15 is 4.39 Å². The number of benzene rings is 2. The molecule has 8 heteroatoms. The van der Waals surface area contributed by atoms with Crippen molar-refractivity contribution in [1.29, 1.82) is 0 Å². The summed E-state index contributed by atoms with van der Waals surface area (Å²) >= 11 is 5.89. The zero-order chi connectivity index (χ0) is 21.9. The Labute approximate surface area is 176 Å². The maximum absolute atomic E-state index is 15.2. The Morgan fingerprint density at radius 1 is 1.03 bits per heavy atom. The van der Waals surface area contributed by atoms with Crippen LogP contribution in [0.5, 0.6) is 0 Å². The topological polar surface area (TPSA) is 51.2 Å². The van der Waals surface area contributed by atoms with E-state index < -0.39 is 39.8 Å². The molecule has 156 valence electrons. The summed E-state index contributed by atoms with van der Waals surface area (Å²) in [5, 5.41) is 1.88. The van der Waals surface area contributed by atoms with Crippen molar-refractivity contribution >= 4 is 17.7 Å². The van der Waals surface area contributed by atoms with Crippen molar-refractivity contribution < 1.29 is 22.7 Å². The Morgan fingerprint density at radius 2 is 1.67 bits per heavy atom. The first-order valence-electron chi connectivity index (χ1n) is 8.99. The van der Waals surface area contributed by atoms with E-state index in [-0.39, 0.29) is 17.9 Å². The third kappa shape index (κ3) is 4.74. The van der Waals surface area contributed by atoms with Gasteiger partial charge in [-0.1, -0.05) is 41.9 Å². The molecule has 4 nitrogen and oxygen atoms in total. The van der Waals surface area contributed by atoms with Gasteiger partial charge in [0.25, 0.3) is 0 Å². The number of aromatic nitrogens is 1. The maximum Gasteiger partial charge on any atom is 0.408 e. The summed E-state index contributed by atoms with van der Waals surface area (Å²) < 4.78 is 48.3. The summed E-state index contributed by atoms with van der Waals surface area (Å²) in [5.41, 5.74) is -1.31. The molecule has 30 heavy (non-hydrogen) atoms. The smallest absolute Gasteiger partial charge is 0.408 e. The Kier molecular flexibility index (Phi) is 6.31.